The zero-order valence-electron chi connectivity index (χ0n) is 5.17. The van der Waals surface area contributed by atoms with E-state index in [4.69, 9.17) is 35.0 Å². The van der Waals surface area contributed by atoms with Gasteiger partial charge in [0, 0.05) is 20.8 Å². The van der Waals surface area contributed by atoms with Crippen LogP contribution in [0.4, 0.5) is 0 Å². The van der Waals surface area contributed by atoms with Crippen LogP contribution in [0.2, 0.25) is 0 Å². The van der Waals surface area contributed by atoms with Crippen LogP contribution in [-0.4, -0.2) is 83.9 Å². The van der Waals surface area contributed by atoms with Crippen LogP contribution in [0.25, 0.3) is 0 Å². The van der Waals surface area contributed by atoms with E-state index in [-0.39, 0.29) is 98.3 Å². The Kier molecular flexibility index (Phi) is 21.0. The number of hydrogen-bond donors (Lipinski definition) is 0. The van der Waals surface area contributed by atoms with Gasteiger partial charge in [0.15, 0.2) is 0 Å². The molecule has 0 bridgehead atoms. The standard InChI is InChI=1S/Ba.Eu.2H2O4S/c;;2*1-5(2,3)4/h;;2*(H2,1,2,3,4)/q2*+2;;/p-4. The van der Waals surface area contributed by atoms with Gasteiger partial charge < -0.3 is 18.2 Å². The first kappa shape index (κ1) is 24.2. The van der Waals surface area contributed by atoms with Gasteiger partial charge in [-0.2, -0.15) is 0 Å². The molecule has 12 heteroatoms. The summed E-state index contributed by atoms with van der Waals surface area (Å²) in [4.78, 5) is 0. The fourth-order valence-electron chi connectivity index (χ4n) is 0. The average Bonchev–Trinajstić information content (AvgIpc) is 1.12. The van der Waals surface area contributed by atoms with Gasteiger partial charge in [-0.25, -0.2) is 0 Å². The Hall–Kier alpha value is 2.90. The maximum absolute atomic E-state index is 8.52. The first-order valence-corrected chi connectivity index (χ1v) is 4.00. The molecule has 0 amide bonds. The van der Waals surface area contributed by atoms with Crippen molar-refractivity contribution in [3.63, 3.8) is 0 Å². The second-order valence-corrected chi connectivity index (χ2v) is 2.45. The molecule has 0 aromatic heterocycles. The fourth-order valence-corrected chi connectivity index (χ4v) is 0. The number of rotatable bonds is 0. The van der Waals surface area contributed by atoms with Crippen molar-refractivity contribution in [2.75, 3.05) is 0 Å². The quantitative estimate of drug-likeness (QED) is 0.200. The maximum atomic E-state index is 8.52. The Balaban J connectivity index is -0.0000000457. The third kappa shape index (κ3) is 218. The molecule has 0 aromatic carbocycles. The van der Waals surface area contributed by atoms with Crippen LogP contribution < -0.4 is 0 Å². The van der Waals surface area contributed by atoms with Gasteiger partial charge in [0.2, 0.25) is 0 Å². The van der Waals surface area contributed by atoms with Crippen molar-refractivity contribution in [1.29, 1.82) is 0 Å². The van der Waals surface area contributed by atoms with E-state index in [1.807, 2.05) is 0 Å². The molecular weight excluding hydrogens is 481 g/mol. The molecule has 0 heterocycles. The fraction of sp³-hybridized carbons (Fsp3) is 0. The molecule has 0 saturated carbocycles. The van der Waals surface area contributed by atoms with E-state index in [1.165, 1.54) is 0 Å². The van der Waals surface area contributed by atoms with Gasteiger partial charge in [0.25, 0.3) is 0 Å². The first-order chi connectivity index (χ1) is 4.00. The third-order valence-corrected chi connectivity index (χ3v) is 0. The smallest absolute Gasteiger partial charge is 0.759 e. The average molecular weight is 481 g/mol. The van der Waals surface area contributed by atoms with E-state index in [0.717, 1.165) is 0 Å². The van der Waals surface area contributed by atoms with Crippen LogP contribution in [0.5, 0.6) is 0 Å². The molecule has 69 valence electrons. The molecule has 8 nitrogen and oxygen atoms in total. The molecule has 0 saturated heterocycles. The van der Waals surface area contributed by atoms with Crippen LogP contribution >= 0.6 is 0 Å². The topological polar surface area (TPSA) is 161 Å². The zero-order valence-corrected chi connectivity index (χ0v) is 13.7. The Morgan fingerprint density at radius 3 is 0.667 bits per heavy atom. The van der Waals surface area contributed by atoms with Gasteiger partial charge in [-0.3, -0.25) is 16.8 Å². The van der Waals surface area contributed by atoms with Crippen LogP contribution in [-0.2, 0) is 20.8 Å². The molecule has 0 aliphatic carbocycles. The second kappa shape index (κ2) is 10.4. The predicted octanol–water partition coefficient (Wildman–Crippen LogP) is -3.06. The van der Waals surface area contributed by atoms with Crippen molar-refractivity contribution in [1.82, 2.24) is 0 Å². The van der Waals surface area contributed by atoms with E-state index in [2.05, 4.69) is 0 Å². The Bertz CT molecular complexity index is 213. The van der Waals surface area contributed by atoms with Crippen LogP contribution in [0.15, 0.2) is 0 Å². The molecule has 0 atom stereocenters. The summed E-state index contributed by atoms with van der Waals surface area (Å²) in [6.07, 6.45) is 0. The molecule has 0 rings (SSSR count). The summed E-state index contributed by atoms with van der Waals surface area (Å²) in [6.45, 7) is 0. The van der Waals surface area contributed by atoms with Gasteiger partial charge in [0.1, 0.15) is 0 Å². The minimum absolute atomic E-state index is 0. The second-order valence-electron chi connectivity index (χ2n) is 0.816. The summed E-state index contributed by atoms with van der Waals surface area (Å²) in [5.41, 5.74) is 0. The van der Waals surface area contributed by atoms with E-state index < -0.39 is 20.8 Å². The van der Waals surface area contributed by atoms with E-state index >= 15 is 0 Å². The van der Waals surface area contributed by atoms with Gasteiger partial charge in [-0.05, 0) is 0 Å². The SMILES string of the molecule is O=S(=O)([O-])[O-].O=S(=O)([O-])[O-].[Ba+2].[Eu+2]. The molecule has 0 spiro atoms. The summed E-state index contributed by atoms with van der Waals surface area (Å²) < 4.78 is 68.2. The molecule has 0 aliphatic rings. The molecular formula is BaEuO8S2. The summed E-state index contributed by atoms with van der Waals surface area (Å²) in [5.74, 6) is 0. The first-order valence-electron chi connectivity index (χ1n) is 1.33. The summed E-state index contributed by atoms with van der Waals surface area (Å²) in [6, 6.07) is 0. The Morgan fingerprint density at radius 2 is 0.667 bits per heavy atom. The normalized spacial score (nSPS) is 9.67. The van der Waals surface area contributed by atoms with Gasteiger partial charge in [-0.15, -0.1) is 0 Å². The van der Waals surface area contributed by atoms with Crippen molar-refractivity contribution in [3.8, 4) is 0 Å². The van der Waals surface area contributed by atoms with E-state index in [9.17, 15) is 0 Å². The molecule has 0 aliphatic heterocycles. The van der Waals surface area contributed by atoms with Crippen LogP contribution in [0.3, 0.4) is 0 Å². The van der Waals surface area contributed by atoms with Crippen LogP contribution in [0.1, 0.15) is 0 Å². The molecule has 0 fully saturated rings. The molecule has 0 aromatic rings. The van der Waals surface area contributed by atoms with Crippen molar-refractivity contribution in [2.24, 2.45) is 0 Å². The maximum Gasteiger partial charge on any atom is 2.00 e. The van der Waals surface area contributed by atoms with Gasteiger partial charge in [-0.1, -0.05) is 0 Å². The largest absolute Gasteiger partial charge is 2.00 e. The molecule has 0 N–H and O–H groups in total. The van der Waals surface area contributed by atoms with Crippen molar-refractivity contribution < 1.29 is 84.4 Å². The van der Waals surface area contributed by atoms with Gasteiger partial charge in [0.05, 0.1) is 0 Å². The van der Waals surface area contributed by atoms with Crippen molar-refractivity contribution in [3.05, 3.63) is 0 Å². The molecule has 12 heavy (non-hydrogen) atoms. The monoisotopic (exact) mass is 483 g/mol. The van der Waals surface area contributed by atoms with Gasteiger partial charge >= 0.3 is 98.3 Å². The summed E-state index contributed by atoms with van der Waals surface area (Å²) in [7, 11) is -10.3. The van der Waals surface area contributed by atoms with Crippen molar-refractivity contribution >= 4 is 69.7 Å². The molecule has 1 radical (unpaired) electrons. The molecule has 0 unspecified atom stereocenters. The minimum Gasteiger partial charge on any atom is -0.759 e. The predicted molar refractivity (Wildman–Crippen MR) is 26.7 cm³/mol. The van der Waals surface area contributed by atoms with E-state index in [0.29, 0.717) is 0 Å². The Morgan fingerprint density at radius 1 is 0.667 bits per heavy atom. The zero-order chi connectivity index (χ0) is 9.00. The summed E-state index contributed by atoms with van der Waals surface area (Å²) >= 11 is 0. The number of hydrogen-bond acceptors (Lipinski definition) is 8. The summed E-state index contributed by atoms with van der Waals surface area (Å²) in [5, 5.41) is 0. The van der Waals surface area contributed by atoms with Crippen LogP contribution in [0, 0.1) is 49.4 Å². The van der Waals surface area contributed by atoms with E-state index in [1.54, 1.807) is 0 Å². The minimum atomic E-state index is -5.17. The van der Waals surface area contributed by atoms with Crippen molar-refractivity contribution in [2.45, 2.75) is 0 Å². The third-order valence-electron chi connectivity index (χ3n) is 0. The Labute approximate surface area is 150 Å².